The van der Waals surface area contributed by atoms with Gasteiger partial charge in [0.15, 0.2) is 0 Å². The fraction of sp³-hybridized carbons (Fsp3) is 0.455. The summed E-state index contributed by atoms with van der Waals surface area (Å²) in [6.45, 7) is 1.90. The van der Waals surface area contributed by atoms with Gasteiger partial charge in [0.25, 0.3) is 6.01 Å². The van der Waals surface area contributed by atoms with Gasteiger partial charge in [-0.05, 0) is 13.8 Å². The van der Waals surface area contributed by atoms with Crippen molar-refractivity contribution in [2.45, 2.75) is 20.0 Å². The number of carbonyl (C=O) groups excluding carboxylic acids is 2. The third-order valence-corrected chi connectivity index (χ3v) is 2.53. The van der Waals surface area contributed by atoms with Gasteiger partial charge in [0.2, 0.25) is 0 Å². The first-order valence-electron chi connectivity index (χ1n) is 5.05. The number of ketones is 1. The van der Waals surface area contributed by atoms with Gasteiger partial charge in [-0.1, -0.05) is 0 Å². The molecule has 0 aromatic rings. The number of methoxy groups -OCH3 is 1. The van der Waals surface area contributed by atoms with E-state index in [2.05, 4.69) is 9.47 Å². The molecule has 4 nitrogen and oxygen atoms in total. The van der Waals surface area contributed by atoms with Crippen molar-refractivity contribution in [3.8, 4) is 0 Å². The number of carbonyl (C=O) groups is 2. The van der Waals surface area contributed by atoms with E-state index in [0.717, 1.165) is 21.0 Å². The van der Waals surface area contributed by atoms with Crippen LogP contribution < -0.4 is 0 Å². The zero-order chi connectivity index (χ0) is 15.0. The zero-order valence-electron chi connectivity index (χ0n) is 10.2. The average Bonchev–Trinajstić information content (AvgIpc) is 2.24. The molecule has 1 atom stereocenters. The van der Waals surface area contributed by atoms with Crippen LogP contribution in [0.4, 0.5) is 17.6 Å². The number of esters is 1. The van der Waals surface area contributed by atoms with Gasteiger partial charge in [-0.2, -0.15) is 17.6 Å². The maximum absolute atomic E-state index is 13.3. The van der Waals surface area contributed by atoms with Gasteiger partial charge >= 0.3 is 12.1 Å². The van der Waals surface area contributed by atoms with Crippen LogP contribution in [0.3, 0.4) is 0 Å². The average molecular weight is 282 g/mol. The first kappa shape index (κ1) is 15.2. The van der Waals surface area contributed by atoms with E-state index >= 15 is 0 Å². The molecule has 0 N–H and O–H groups in total. The lowest BCUT2D eigenvalue weighted by atomic mass is 9.85. The monoisotopic (exact) mass is 282 g/mol. The normalized spacial score (nSPS) is 20.3. The highest BCUT2D eigenvalue weighted by Gasteiger charge is 2.50. The Hall–Kier alpha value is -1.86. The molecule has 0 aromatic heterocycles. The molecule has 106 valence electrons. The molecule has 0 radical (unpaired) electrons. The molecule has 1 heterocycles. The van der Waals surface area contributed by atoms with Crippen LogP contribution in [0.2, 0.25) is 0 Å². The molecule has 0 saturated carbocycles. The number of rotatable bonds is 2. The topological polar surface area (TPSA) is 52.6 Å². The molecule has 19 heavy (non-hydrogen) atoms. The van der Waals surface area contributed by atoms with Crippen molar-refractivity contribution in [3.05, 3.63) is 22.9 Å². The van der Waals surface area contributed by atoms with Crippen LogP contribution in [0.5, 0.6) is 0 Å². The number of halogens is 4. The highest BCUT2D eigenvalue weighted by molar-refractivity contribution is 5.99. The van der Waals surface area contributed by atoms with E-state index < -0.39 is 46.8 Å². The summed E-state index contributed by atoms with van der Waals surface area (Å²) in [5, 5.41) is 0. The molecular formula is C11H10F4O4. The van der Waals surface area contributed by atoms with Gasteiger partial charge in [0.05, 0.1) is 18.6 Å². The van der Waals surface area contributed by atoms with E-state index in [0.29, 0.717) is 0 Å². The third kappa shape index (κ3) is 2.77. The lowest BCUT2D eigenvalue weighted by Crippen LogP contribution is -2.34. The van der Waals surface area contributed by atoms with Gasteiger partial charge in [0.1, 0.15) is 17.1 Å². The minimum atomic E-state index is -5.14. The Kier molecular flexibility index (Phi) is 4.02. The van der Waals surface area contributed by atoms with E-state index in [1.54, 1.807) is 0 Å². The summed E-state index contributed by atoms with van der Waals surface area (Å²) in [6, 6.07) is -1.93. The van der Waals surface area contributed by atoms with Gasteiger partial charge in [0, 0.05) is 0 Å². The summed E-state index contributed by atoms with van der Waals surface area (Å²) >= 11 is 0. The number of alkyl halides is 3. The molecule has 0 fully saturated rings. The smallest absolute Gasteiger partial charge is 0.419 e. The van der Waals surface area contributed by atoms with E-state index in [9.17, 15) is 27.2 Å². The fourth-order valence-electron chi connectivity index (χ4n) is 1.76. The van der Waals surface area contributed by atoms with Crippen molar-refractivity contribution in [1.29, 1.82) is 0 Å². The minimum Gasteiger partial charge on any atom is -0.466 e. The largest absolute Gasteiger partial charge is 0.466 e. The van der Waals surface area contributed by atoms with Crippen molar-refractivity contribution in [3.63, 3.8) is 0 Å². The van der Waals surface area contributed by atoms with Gasteiger partial charge in [-0.25, -0.2) is 4.79 Å². The second-order valence-electron chi connectivity index (χ2n) is 3.79. The summed E-state index contributed by atoms with van der Waals surface area (Å²) < 4.78 is 60.2. The van der Waals surface area contributed by atoms with E-state index in [1.165, 1.54) is 0 Å². The number of allylic oxidation sites excluding steroid dienone is 2. The summed E-state index contributed by atoms with van der Waals surface area (Å²) in [4.78, 5) is 22.8. The standard InChI is InChI=1S/C11H10F4O4/c1-4(16)6-7(10(17)18-3)5(2)19-9(12)8(6)11(13,14)15/h6H,1-3H3. The molecule has 0 aromatic carbocycles. The van der Waals surface area contributed by atoms with E-state index in [-0.39, 0.29) is 0 Å². The third-order valence-electron chi connectivity index (χ3n) is 2.53. The van der Waals surface area contributed by atoms with E-state index in [1.807, 2.05) is 0 Å². The molecule has 1 unspecified atom stereocenters. The summed E-state index contributed by atoms with van der Waals surface area (Å²) in [7, 11) is 0.932. The summed E-state index contributed by atoms with van der Waals surface area (Å²) in [6.07, 6.45) is -5.14. The lowest BCUT2D eigenvalue weighted by Gasteiger charge is -2.27. The zero-order valence-corrected chi connectivity index (χ0v) is 10.2. The second kappa shape index (κ2) is 5.02. The molecule has 0 bridgehead atoms. The highest BCUT2D eigenvalue weighted by atomic mass is 19.4. The Bertz CT molecular complexity index is 487. The molecule has 1 aliphatic heterocycles. The second-order valence-corrected chi connectivity index (χ2v) is 3.79. The first-order chi connectivity index (χ1) is 8.61. The Balaban J connectivity index is 3.47. The molecule has 1 rings (SSSR count). The molecule has 0 saturated heterocycles. The first-order valence-corrected chi connectivity index (χ1v) is 5.05. The van der Waals surface area contributed by atoms with Crippen LogP contribution in [0.25, 0.3) is 0 Å². The summed E-state index contributed by atoms with van der Waals surface area (Å²) in [5.41, 5.74) is -2.48. The number of Topliss-reactive ketones (excluding diaryl/α,β-unsaturated/α-hetero) is 1. The minimum absolute atomic E-state index is 0.433. The predicted octanol–water partition coefficient (Wildman–Crippen LogP) is 2.41. The van der Waals surface area contributed by atoms with Crippen LogP contribution in [0.15, 0.2) is 22.9 Å². The van der Waals surface area contributed by atoms with Crippen LogP contribution in [-0.2, 0) is 19.1 Å². The molecule has 1 aliphatic rings. The lowest BCUT2D eigenvalue weighted by molar-refractivity contribution is -0.140. The Labute approximate surface area is 105 Å². The van der Waals surface area contributed by atoms with Crippen molar-refractivity contribution in [1.82, 2.24) is 0 Å². The van der Waals surface area contributed by atoms with Crippen molar-refractivity contribution in [2.75, 3.05) is 7.11 Å². The van der Waals surface area contributed by atoms with Crippen LogP contribution in [0, 0.1) is 5.92 Å². The van der Waals surface area contributed by atoms with Crippen molar-refractivity contribution >= 4 is 11.8 Å². The molecule has 8 heteroatoms. The number of hydrogen-bond donors (Lipinski definition) is 0. The maximum atomic E-state index is 13.3. The quantitative estimate of drug-likeness (QED) is 0.576. The number of ether oxygens (including phenoxy) is 2. The fourth-order valence-corrected chi connectivity index (χ4v) is 1.76. The van der Waals surface area contributed by atoms with Gasteiger partial charge in [-0.3, -0.25) is 4.79 Å². The van der Waals surface area contributed by atoms with Crippen LogP contribution in [0.1, 0.15) is 13.8 Å². The highest BCUT2D eigenvalue weighted by Crippen LogP contribution is 2.43. The Morgan fingerprint density at radius 2 is 1.84 bits per heavy atom. The number of hydrogen-bond acceptors (Lipinski definition) is 4. The molecule has 0 aliphatic carbocycles. The molecular weight excluding hydrogens is 272 g/mol. The van der Waals surface area contributed by atoms with E-state index in [4.69, 9.17) is 0 Å². The Morgan fingerprint density at radius 3 is 2.21 bits per heavy atom. The predicted molar refractivity (Wildman–Crippen MR) is 54.2 cm³/mol. The van der Waals surface area contributed by atoms with Crippen LogP contribution >= 0.6 is 0 Å². The molecule has 0 spiro atoms. The van der Waals surface area contributed by atoms with Crippen molar-refractivity contribution in [2.24, 2.45) is 5.92 Å². The summed E-state index contributed by atoms with van der Waals surface area (Å²) in [5.74, 6) is -4.73. The van der Waals surface area contributed by atoms with Crippen LogP contribution in [-0.4, -0.2) is 25.0 Å². The van der Waals surface area contributed by atoms with Gasteiger partial charge in [-0.15, -0.1) is 0 Å². The molecule has 0 amide bonds. The Morgan fingerprint density at radius 1 is 1.32 bits per heavy atom. The SMILES string of the molecule is COC(=O)C1=C(C)OC(F)=C(C(F)(F)F)C1C(C)=O. The van der Waals surface area contributed by atoms with Gasteiger partial charge < -0.3 is 9.47 Å². The van der Waals surface area contributed by atoms with Crippen molar-refractivity contribution < 1.29 is 36.6 Å². The maximum Gasteiger partial charge on any atom is 0.419 e.